The molecular weight excluding hydrogens is 255 g/mol. The molecule has 102 valence electrons. The minimum atomic E-state index is -0.762. The summed E-state index contributed by atoms with van der Waals surface area (Å²) in [5.41, 5.74) is 3.23. The third-order valence-electron chi connectivity index (χ3n) is 3.35. The number of fused-ring (bicyclic) bond motifs is 1. The van der Waals surface area contributed by atoms with E-state index in [-0.39, 0.29) is 5.82 Å². The van der Waals surface area contributed by atoms with E-state index < -0.39 is 6.10 Å². The lowest BCUT2D eigenvalue weighted by atomic mass is 10.1. The van der Waals surface area contributed by atoms with Crippen molar-refractivity contribution < 1.29 is 9.50 Å². The fraction of sp³-hybridized carbons (Fsp3) is 0.188. The Morgan fingerprint density at radius 3 is 2.85 bits per heavy atom. The Kier molecular flexibility index (Phi) is 3.24. The third kappa shape index (κ3) is 2.42. The van der Waals surface area contributed by atoms with Gasteiger partial charge >= 0.3 is 0 Å². The van der Waals surface area contributed by atoms with E-state index in [1.165, 1.54) is 12.1 Å². The Morgan fingerprint density at radius 2 is 2.05 bits per heavy atom. The number of aliphatic hydroxyl groups is 1. The van der Waals surface area contributed by atoms with Crippen molar-refractivity contribution in [1.29, 1.82) is 0 Å². The van der Waals surface area contributed by atoms with Gasteiger partial charge in [0.15, 0.2) is 0 Å². The third-order valence-corrected chi connectivity index (χ3v) is 3.35. The molecule has 20 heavy (non-hydrogen) atoms. The van der Waals surface area contributed by atoms with Gasteiger partial charge < -0.3 is 9.67 Å². The quantitative estimate of drug-likeness (QED) is 0.793. The minimum Gasteiger partial charge on any atom is -0.387 e. The number of rotatable bonds is 3. The van der Waals surface area contributed by atoms with E-state index in [2.05, 4.69) is 4.98 Å². The summed E-state index contributed by atoms with van der Waals surface area (Å²) in [5.74, 6) is -0.325. The van der Waals surface area contributed by atoms with Crippen molar-refractivity contribution in [3.05, 3.63) is 65.7 Å². The van der Waals surface area contributed by atoms with Gasteiger partial charge in [-0.1, -0.05) is 18.2 Å². The summed E-state index contributed by atoms with van der Waals surface area (Å²) in [6, 6.07) is 12.3. The molecule has 0 aliphatic rings. The number of benzene rings is 2. The summed E-state index contributed by atoms with van der Waals surface area (Å²) < 4.78 is 15.3. The molecule has 0 saturated carbocycles. The van der Waals surface area contributed by atoms with Crippen molar-refractivity contribution in [3.63, 3.8) is 0 Å². The fourth-order valence-corrected chi connectivity index (χ4v) is 2.40. The Balaban J connectivity index is 1.90. The van der Waals surface area contributed by atoms with Gasteiger partial charge in [0.2, 0.25) is 0 Å². The van der Waals surface area contributed by atoms with E-state index in [0.717, 1.165) is 16.6 Å². The van der Waals surface area contributed by atoms with Crippen LogP contribution in [0.15, 0.2) is 48.8 Å². The van der Waals surface area contributed by atoms with Crippen LogP contribution in [0.1, 0.15) is 17.2 Å². The lowest BCUT2D eigenvalue weighted by Crippen LogP contribution is -2.08. The summed E-state index contributed by atoms with van der Waals surface area (Å²) in [6.45, 7) is 2.16. The van der Waals surface area contributed by atoms with Crippen molar-refractivity contribution in [2.24, 2.45) is 0 Å². The number of hydrogen-bond acceptors (Lipinski definition) is 2. The fourth-order valence-electron chi connectivity index (χ4n) is 2.40. The molecular formula is C16H15FN2O. The zero-order valence-corrected chi connectivity index (χ0v) is 11.1. The maximum absolute atomic E-state index is 13.4. The van der Waals surface area contributed by atoms with Crippen LogP contribution in [0.3, 0.4) is 0 Å². The first-order chi connectivity index (χ1) is 9.63. The molecule has 1 unspecified atom stereocenters. The molecule has 0 bridgehead atoms. The maximum atomic E-state index is 13.4. The summed E-state index contributed by atoms with van der Waals surface area (Å²) in [7, 11) is 0. The summed E-state index contributed by atoms with van der Waals surface area (Å²) in [6.07, 6.45) is 0.932. The van der Waals surface area contributed by atoms with E-state index in [1.807, 2.05) is 35.8 Å². The first-order valence-corrected chi connectivity index (χ1v) is 6.48. The van der Waals surface area contributed by atoms with E-state index in [9.17, 15) is 9.50 Å². The number of nitrogens with zero attached hydrogens (tertiary/aromatic N) is 2. The summed E-state index contributed by atoms with van der Waals surface area (Å²) >= 11 is 0. The lowest BCUT2D eigenvalue weighted by molar-refractivity contribution is 0.157. The molecule has 3 rings (SSSR count). The molecule has 1 N–H and O–H groups in total. The number of hydrogen-bond donors (Lipinski definition) is 1. The Hall–Kier alpha value is -2.20. The average molecular weight is 270 g/mol. The largest absolute Gasteiger partial charge is 0.387 e. The molecule has 0 fully saturated rings. The zero-order valence-electron chi connectivity index (χ0n) is 11.1. The second-order valence-electron chi connectivity index (χ2n) is 4.96. The molecule has 1 heterocycles. The van der Waals surface area contributed by atoms with Crippen molar-refractivity contribution in [1.82, 2.24) is 9.55 Å². The number of imidazole rings is 1. The summed E-state index contributed by atoms with van der Waals surface area (Å²) in [5, 5.41) is 10.3. The van der Waals surface area contributed by atoms with E-state index in [0.29, 0.717) is 12.1 Å². The Labute approximate surface area is 116 Å². The predicted octanol–water partition coefficient (Wildman–Crippen LogP) is 3.22. The van der Waals surface area contributed by atoms with Crippen molar-refractivity contribution in [2.75, 3.05) is 0 Å². The molecule has 0 aliphatic carbocycles. The van der Waals surface area contributed by atoms with Crippen LogP contribution in [0.5, 0.6) is 0 Å². The topological polar surface area (TPSA) is 38.0 Å². The van der Waals surface area contributed by atoms with E-state index in [1.54, 1.807) is 12.4 Å². The number of aryl methyl sites for hydroxylation is 1. The van der Waals surface area contributed by atoms with Crippen molar-refractivity contribution in [3.8, 4) is 0 Å². The van der Waals surface area contributed by atoms with Gasteiger partial charge in [0, 0.05) is 0 Å². The van der Waals surface area contributed by atoms with Gasteiger partial charge in [-0.05, 0) is 42.3 Å². The van der Waals surface area contributed by atoms with E-state index in [4.69, 9.17) is 0 Å². The second kappa shape index (κ2) is 5.06. The summed E-state index contributed by atoms with van der Waals surface area (Å²) in [4.78, 5) is 4.28. The van der Waals surface area contributed by atoms with Gasteiger partial charge in [-0.15, -0.1) is 0 Å². The number of para-hydroxylation sites is 2. The first kappa shape index (κ1) is 12.8. The highest BCUT2D eigenvalue weighted by molar-refractivity contribution is 5.74. The molecule has 0 radical (unpaired) electrons. The van der Waals surface area contributed by atoms with Crippen LogP contribution >= 0.6 is 0 Å². The highest BCUT2D eigenvalue weighted by Crippen LogP contribution is 2.20. The van der Waals surface area contributed by atoms with Gasteiger partial charge in [-0.3, -0.25) is 0 Å². The number of aromatic nitrogens is 2. The Bertz CT molecular complexity index is 731. The molecule has 0 saturated heterocycles. The van der Waals surface area contributed by atoms with E-state index >= 15 is 0 Å². The smallest absolute Gasteiger partial charge is 0.123 e. The molecule has 0 aliphatic heterocycles. The van der Waals surface area contributed by atoms with Gasteiger partial charge in [0.1, 0.15) is 5.82 Å². The normalized spacial score (nSPS) is 12.8. The van der Waals surface area contributed by atoms with Gasteiger partial charge in [-0.25, -0.2) is 9.37 Å². The molecule has 2 aromatic carbocycles. The van der Waals surface area contributed by atoms with Crippen molar-refractivity contribution in [2.45, 2.75) is 19.6 Å². The van der Waals surface area contributed by atoms with Gasteiger partial charge in [0.05, 0.1) is 30.0 Å². The predicted molar refractivity (Wildman–Crippen MR) is 75.8 cm³/mol. The SMILES string of the molecule is Cc1cc(F)cc(C(O)Cn2cnc3ccccc32)c1. The Morgan fingerprint density at radius 1 is 1.25 bits per heavy atom. The number of halogens is 1. The standard InChI is InChI=1S/C16H15FN2O/c1-11-6-12(8-13(17)7-11)16(20)9-19-10-18-14-4-2-3-5-15(14)19/h2-8,10,16,20H,9H2,1H3. The van der Waals surface area contributed by atoms with Crippen molar-refractivity contribution >= 4 is 11.0 Å². The molecule has 0 spiro atoms. The average Bonchev–Trinajstić information content (AvgIpc) is 2.81. The zero-order chi connectivity index (χ0) is 14.1. The maximum Gasteiger partial charge on any atom is 0.123 e. The molecule has 1 atom stereocenters. The molecule has 1 aromatic heterocycles. The van der Waals surface area contributed by atoms with Crippen LogP contribution in [-0.4, -0.2) is 14.7 Å². The monoisotopic (exact) mass is 270 g/mol. The van der Waals surface area contributed by atoms with Crippen LogP contribution in [0, 0.1) is 12.7 Å². The molecule has 3 nitrogen and oxygen atoms in total. The number of aliphatic hydroxyl groups excluding tert-OH is 1. The molecule has 4 heteroatoms. The van der Waals surface area contributed by atoms with Gasteiger partial charge in [-0.2, -0.15) is 0 Å². The highest BCUT2D eigenvalue weighted by atomic mass is 19.1. The van der Waals surface area contributed by atoms with Gasteiger partial charge in [0.25, 0.3) is 0 Å². The van der Waals surface area contributed by atoms with Crippen LogP contribution in [0.25, 0.3) is 11.0 Å². The molecule has 3 aromatic rings. The van der Waals surface area contributed by atoms with Crippen LogP contribution in [0.4, 0.5) is 4.39 Å². The van der Waals surface area contributed by atoms with Crippen LogP contribution in [-0.2, 0) is 6.54 Å². The second-order valence-corrected chi connectivity index (χ2v) is 4.96. The highest BCUT2D eigenvalue weighted by Gasteiger charge is 2.12. The molecule has 0 amide bonds. The van der Waals surface area contributed by atoms with Crippen LogP contribution in [0.2, 0.25) is 0 Å². The minimum absolute atomic E-state index is 0.325. The van der Waals surface area contributed by atoms with Crippen LogP contribution < -0.4 is 0 Å². The first-order valence-electron chi connectivity index (χ1n) is 6.48. The lowest BCUT2D eigenvalue weighted by Gasteiger charge is -2.13.